The van der Waals surface area contributed by atoms with Crippen molar-refractivity contribution in [3.05, 3.63) is 35.8 Å². The third-order valence-corrected chi connectivity index (χ3v) is 9.27. The maximum absolute atomic E-state index is 14.9. The molecule has 3 aromatic rings. The van der Waals surface area contributed by atoms with E-state index in [4.69, 9.17) is 10.5 Å². The molecule has 0 aliphatic carbocycles. The van der Waals surface area contributed by atoms with E-state index in [1.165, 1.54) is 26.3 Å². The van der Waals surface area contributed by atoms with Crippen LogP contribution in [0.5, 0.6) is 5.88 Å². The van der Waals surface area contributed by atoms with Gasteiger partial charge in [0, 0.05) is 24.8 Å². The molecule has 16 heteroatoms. The van der Waals surface area contributed by atoms with Gasteiger partial charge in [-0.1, -0.05) is 13.8 Å². The van der Waals surface area contributed by atoms with Gasteiger partial charge in [-0.15, -0.1) is 0 Å². The summed E-state index contributed by atoms with van der Waals surface area (Å²) < 4.78 is 88.8. The zero-order valence-corrected chi connectivity index (χ0v) is 22.2. The van der Waals surface area contributed by atoms with Crippen molar-refractivity contribution >= 4 is 27.3 Å². The number of halogens is 4. The number of nitrogens with zero attached hydrogens (tertiary/aromatic N) is 5. The van der Waals surface area contributed by atoms with Crippen molar-refractivity contribution in [1.82, 2.24) is 29.2 Å². The molecule has 3 N–H and O–H groups in total. The van der Waals surface area contributed by atoms with Gasteiger partial charge in [-0.25, -0.2) is 27.3 Å². The molecule has 39 heavy (non-hydrogen) atoms. The van der Waals surface area contributed by atoms with E-state index in [0.717, 1.165) is 21.2 Å². The summed E-state index contributed by atoms with van der Waals surface area (Å²) in [7, 11) is -2.57. The number of rotatable bonds is 7. The number of sulfonamides is 1. The molecule has 212 valence electrons. The van der Waals surface area contributed by atoms with Crippen LogP contribution in [-0.4, -0.2) is 75.9 Å². The highest BCUT2D eigenvalue weighted by atomic mass is 32.2. The number of hydrogen-bond donors (Lipinski definition) is 2. The SMILES string of the molecule is COc1ncc(-c2cc(C(F)(F)F)c3c(N)ncnn23)cc1C(=O)N[C@@H]1CN(S(=O)(=O)C(C)C(C)C)C[C@@H]1F. The van der Waals surface area contributed by atoms with E-state index in [1.807, 2.05) is 0 Å². The van der Waals surface area contributed by atoms with Crippen molar-refractivity contribution in [2.45, 2.75) is 44.4 Å². The first-order chi connectivity index (χ1) is 18.2. The molecular formula is C23H27F4N7O4S. The predicted molar refractivity (Wildman–Crippen MR) is 133 cm³/mol. The normalized spacial score (nSPS) is 19.5. The Morgan fingerprint density at radius 2 is 1.90 bits per heavy atom. The van der Waals surface area contributed by atoms with Gasteiger partial charge in [-0.3, -0.25) is 4.79 Å². The minimum Gasteiger partial charge on any atom is -0.480 e. The Morgan fingerprint density at radius 1 is 1.21 bits per heavy atom. The summed E-state index contributed by atoms with van der Waals surface area (Å²) in [4.78, 5) is 20.9. The van der Waals surface area contributed by atoms with Crippen LogP contribution in [-0.2, 0) is 16.2 Å². The number of carbonyl (C=O) groups is 1. The number of carbonyl (C=O) groups excluding carboxylic acids is 1. The number of nitrogens with one attached hydrogen (secondary N) is 1. The molecule has 0 saturated carbocycles. The number of hydrogen-bond acceptors (Lipinski definition) is 8. The second-order valence-electron chi connectivity index (χ2n) is 9.53. The molecule has 1 aliphatic heterocycles. The fourth-order valence-electron chi connectivity index (χ4n) is 4.31. The first kappa shape index (κ1) is 28.5. The lowest BCUT2D eigenvalue weighted by atomic mass is 10.1. The molecule has 0 radical (unpaired) electrons. The van der Waals surface area contributed by atoms with Crippen molar-refractivity contribution in [3.63, 3.8) is 0 Å². The topological polar surface area (TPSA) is 145 Å². The number of aromatic nitrogens is 4. The number of nitrogen functional groups attached to an aromatic ring is 1. The van der Waals surface area contributed by atoms with Crippen molar-refractivity contribution in [1.29, 1.82) is 0 Å². The minimum absolute atomic E-state index is 0.0581. The molecule has 3 atom stereocenters. The molecule has 0 spiro atoms. The Labute approximate surface area is 221 Å². The summed E-state index contributed by atoms with van der Waals surface area (Å²) in [6.07, 6.45) is -4.29. The number of methoxy groups -OCH3 is 1. The van der Waals surface area contributed by atoms with Gasteiger partial charge in [0.25, 0.3) is 5.91 Å². The molecule has 1 amide bonds. The van der Waals surface area contributed by atoms with Crippen LogP contribution in [0.15, 0.2) is 24.7 Å². The molecule has 4 heterocycles. The van der Waals surface area contributed by atoms with Crippen LogP contribution in [0.2, 0.25) is 0 Å². The van der Waals surface area contributed by atoms with E-state index in [-0.39, 0.29) is 35.2 Å². The van der Waals surface area contributed by atoms with Crippen LogP contribution in [0.4, 0.5) is 23.4 Å². The Kier molecular flexibility index (Phi) is 7.46. The average Bonchev–Trinajstić information content (AvgIpc) is 3.45. The Morgan fingerprint density at radius 3 is 2.51 bits per heavy atom. The van der Waals surface area contributed by atoms with E-state index in [2.05, 4.69) is 20.4 Å². The molecular weight excluding hydrogens is 546 g/mol. The average molecular weight is 574 g/mol. The molecule has 1 unspecified atom stereocenters. The van der Waals surface area contributed by atoms with Crippen molar-refractivity contribution in [2.75, 3.05) is 25.9 Å². The molecule has 0 bridgehead atoms. The van der Waals surface area contributed by atoms with E-state index in [9.17, 15) is 30.8 Å². The van der Waals surface area contributed by atoms with Crippen LogP contribution >= 0.6 is 0 Å². The van der Waals surface area contributed by atoms with Gasteiger partial charge in [0.05, 0.1) is 29.7 Å². The number of nitrogens with two attached hydrogens (primary N) is 1. The van der Waals surface area contributed by atoms with Crippen LogP contribution < -0.4 is 15.8 Å². The standard InChI is InChI=1S/C23H27F4N7O4S/c1-11(2)12(3)39(36,37)33-8-16(24)17(9-33)32-21(35)14-5-13(7-29-22(14)38-4)18-6-15(23(25,26)27)19-20(28)30-10-31-34(18)19/h5-7,10-12,16-17H,8-9H2,1-4H3,(H,32,35)(H2,28,30,31)/t12?,16-,17+/m0/s1. The molecule has 1 aliphatic rings. The van der Waals surface area contributed by atoms with Crippen LogP contribution in [0.25, 0.3) is 16.8 Å². The van der Waals surface area contributed by atoms with Crippen LogP contribution in [0.1, 0.15) is 36.7 Å². The van der Waals surface area contributed by atoms with Gasteiger partial charge >= 0.3 is 6.18 Å². The molecule has 1 saturated heterocycles. The quantitative estimate of drug-likeness (QED) is 0.411. The zero-order chi connectivity index (χ0) is 28.9. The number of amides is 1. The molecule has 0 aromatic carbocycles. The third kappa shape index (κ3) is 5.22. The van der Waals surface area contributed by atoms with E-state index >= 15 is 0 Å². The molecule has 11 nitrogen and oxygen atoms in total. The van der Waals surface area contributed by atoms with Crippen LogP contribution in [0, 0.1) is 5.92 Å². The van der Waals surface area contributed by atoms with Gasteiger partial charge in [-0.05, 0) is 25.0 Å². The number of alkyl halides is 4. The Hall–Kier alpha value is -3.53. The third-order valence-electron chi connectivity index (χ3n) is 6.77. The van der Waals surface area contributed by atoms with Crippen LogP contribution in [0.3, 0.4) is 0 Å². The lowest BCUT2D eigenvalue weighted by molar-refractivity contribution is -0.136. The summed E-state index contributed by atoms with van der Waals surface area (Å²) in [5.41, 5.74) is 3.92. The molecule has 3 aromatic heterocycles. The number of anilines is 1. The fourth-order valence-corrected chi connectivity index (χ4v) is 6.18. The summed E-state index contributed by atoms with van der Waals surface area (Å²) in [6.45, 7) is 4.31. The van der Waals surface area contributed by atoms with Gasteiger partial charge in [0.2, 0.25) is 15.9 Å². The lowest BCUT2D eigenvalue weighted by Crippen LogP contribution is -2.43. The first-order valence-corrected chi connectivity index (χ1v) is 13.3. The molecule has 1 fully saturated rings. The predicted octanol–water partition coefficient (Wildman–Crippen LogP) is 2.53. The van der Waals surface area contributed by atoms with Gasteiger partial charge in [0.1, 0.15) is 23.6 Å². The lowest BCUT2D eigenvalue weighted by Gasteiger charge is -2.23. The van der Waals surface area contributed by atoms with Gasteiger partial charge in [0.15, 0.2) is 5.82 Å². The number of pyridine rings is 1. The number of fused-ring (bicyclic) bond motifs is 1. The zero-order valence-electron chi connectivity index (χ0n) is 21.4. The fraction of sp³-hybridized carbons (Fsp3) is 0.478. The largest absolute Gasteiger partial charge is 0.480 e. The second kappa shape index (κ2) is 10.2. The van der Waals surface area contributed by atoms with Crippen molar-refractivity contribution in [2.24, 2.45) is 5.92 Å². The van der Waals surface area contributed by atoms with E-state index < -0.39 is 63.0 Å². The highest BCUT2D eigenvalue weighted by molar-refractivity contribution is 7.89. The number of ether oxygens (including phenoxy) is 1. The minimum atomic E-state index is -4.78. The smallest absolute Gasteiger partial charge is 0.418 e. The maximum atomic E-state index is 14.9. The van der Waals surface area contributed by atoms with E-state index in [0.29, 0.717) is 0 Å². The maximum Gasteiger partial charge on any atom is 0.418 e. The second-order valence-corrected chi connectivity index (χ2v) is 11.8. The summed E-state index contributed by atoms with van der Waals surface area (Å²) in [5.74, 6) is -1.63. The molecule has 4 rings (SSSR count). The highest BCUT2D eigenvalue weighted by Gasteiger charge is 2.43. The monoisotopic (exact) mass is 573 g/mol. The van der Waals surface area contributed by atoms with Crippen molar-refractivity contribution in [3.8, 4) is 17.1 Å². The Balaban J connectivity index is 1.67. The summed E-state index contributed by atoms with van der Waals surface area (Å²) in [6, 6.07) is 0.857. The Bertz CT molecular complexity index is 1510. The first-order valence-electron chi connectivity index (χ1n) is 11.8. The van der Waals surface area contributed by atoms with Gasteiger partial charge in [-0.2, -0.15) is 22.6 Å². The summed E-state index contributed by atoms with van der Waals surface area (Å²) in [5, 5.41) is 5.59. The summed E-state index contributed by atoms with van der Waals surface area (Å²) >= 11 is 0. The van der Waals surface area contributed by atoms with Crippen molar-refractivity contribution < 1.29 is 35.5 Å². The van der Waals surface area contributed by atoms with Gasteiger partial charge < -0.3 is 15.8 Å². The van der Waals surface area contributed by atoms with E-state index in [1.54, 1.807) is 13.8 Å². The highest BCUT2D eigenvalue weighted by Crippen LogP contribution is 2.39.